The van der Waals surface area contributed by atoms with Gasteiger partial charge in [-0.3, -0.25) is 0 Å². The summed E-state index contributed by atoms with van der Waals surface area (Å²) in [5, 5.41) is 10.9. The molecule has 3 rings (SSSR count). The molecule has 5 nitrogen and oxygen atoms in total. The predicted molar refractivity (Wildman–Crippen MR) is 73.2 cm³/mol. The number of nitrogens with zero attached hydrogens (tertiary/aromatic N) is 3. The normalized spacial score (nSPS) is 11.1. The van der Waals surface area contributed by atoms with E-state index in [-0.39, 0.29) is 11.8 Å². The first kappa shape index (κ1) is 12.4. The smallest absolute Gasteiger partial charge is 0.172 e. The molecular formula is C12H9ClN4OS. The van der Waals surface area contributed by atoms with E-state index in [0.29, 0.717) is 15.7 Å². The number of aromatic amines is 1. The van der Waals surface area contributed by atoms with Gasteiger partial charge in [-0.2, -0.15) is 0 Å². The second-order valence-electron chi connectivity index (χ2n) is 3.77. The summed E-state index contributed by atoms with van der Waals surface area (Å²) in [5.74, 6) is 0. The van der Waals surface area contributed by atoms with Crippen LogP contribution in [0.2, 0.25) is 5.15 Å². The van der Waals surface area contributed by atoms with Crippen LogP contribution in [0.1, 0.15) is 5.56 Å². The Hall–Kier alpha value is -1.63. The molecule has 7 heteroatoms. The van der Waals surface area contributed by atoms with Gasteiger partial charge in [0.05, 0.1) is 17.6 Å². The number of imidazole rings is 1. The maximum atomic E-state index is 9.31. The first-order valence-corrected chi connectivity index (χ1v) is 6.70. The van der Waals surface area contributed by atoms with Crippen LogP contribution >= 0.6 is 23.4 Å². The van der Waals surface area contributed by atoms with E-state index in [9.17, 15) is 5.11 Å². The summed E-state index contributed by atoms with van der Waals surface area (Å²) in [5.41, 5.74) is 2.35. The minimum absolute atomic E-state index is 0.206. The lowest BCUT2D eigenvalue weighted by atomic mass is 10.3. The quantitative estimate of drug-likeness (QED) is 0.726. The van der Waals surface area contributed by atoms with Crippen LogP contribution in [0.25, 0.3) is 11.0 Å². The average Bonchev–Trinajstić information content (AvgIpc) is 2.81. The van der Waals surface area contributed by atoms with Gasteiger partial charge in [0.15, 0.2) is 5.16 Å². The molecule has 0 saturated carbocycles. The second-order valence-corrected chi connectivity index (χ2v) is 5.10. The van der Waals surface area contributed by atoms with Crippen molar-refractivity contribution in [3.63, 3.8) is 0 Å². The summed E-state index contributed by atoms with van der Waals surface area (Å²) in [6.45, 7) is -0.206. The fraction of sp³-hybridized carbons (Fsp3) is 0.0833. The monoisotopic (exact) mass is 292 g/mol. The van der Waals surface area contributed by atoms with E-state index < -0.39 is 0 Å². The number of para-hydroxylation sites is 2. The Bertz CT molecular complexity index is 698. The molecule has 0 spiro atoms. The summed E-state index contributed by atoms with van der Waals surface area (Å²) >= 11 is 7.24. The fourth-order valence-corrected chi connectivity index (χ4v) is 2.79. The van der Waals surface area contributed by atoms with Crippen molar-refractivity contribution in [2.24, 2.45) is 0 Å². The Morgan fingerprint density at radius 2 is 2.11 bits per heavy atom. The van der Waals surface area contributed by atoms with Gasteiger partial charge in [0, 0.05) is 5.56 Å². The SMILES string of the molecule is OCc1c(Cl)ncnc1Sc1nc2ccccc2[nH]1. The highest BCUT2D eigenvalue weighted by Crippen LogP contribution is 2.30. The first-order valence-electron chi connectivity index (χ1n) is 5.51. The zero-order valence-corrected chi connectivity index (χ0v) is 11.2. The third kappa shape index (κ3) is 2.42. The minimum atomic E-state index is -0.206. The lowest BCUT2D eigenvalue weighted by molar-refractivity contribution is 0.277. The zero-order chi connectivity index (χ0) is 13.2. The summed E-state index contributed by atoms with van der Waals surface area (Å²) in [6, 6.07) is 7.75. The summed E-state index contributed by atoms with van der Waals surface area (Å²) in [6.07, 6.45) is 1.37. The Balaban J connectivity index is 1.99. The molecule has 96 valence electrons. The molecule has 0 aliphatic heterocycles. The van der Waals surface area contributed by atoms with Crippen molar-refractivity contribution < 1.29 is 5.11 Å². The molecule has 0 aliphatic carbocycles. The third-order valence-corrected chi connectivity index (χ3v) is 3.83. The molecule has 0 amide bonds. The Labute approximate surface area is 118 Å². The van der Waals surface area contributed by atoms with Gasteiger partial charge in [-0.15, -0.1) is 0 Å². The van der Waals surface area contributed by atoms with E-state index in [2.05, 4.69) is 19.9 Å². The van der Waals surface area contributed by atoms with Crippen LogP contribution in [-0.4, -0.2) is 25.0 Å². The van der Waals surface area contributed by atoms with E-state index in [1.165, 1.54) is 18.1 Å². The van der Waals surface area contributed by atoms with E-state index in [1.807, 2.05) is 24.3 Å². The van der Waals surface area contributed by atoms with Crippen LogP contribution in [0, 0.1) is 0 Å². The number of aromatic nitrogens is 4. The maximum Gasteiger partial charge on any atom is 0.172 e. The lowest BCUT2D eigenvalue weighted by Gasteiger charge is -2.04. The molecule has 2 N–H and O–H groups in total. The molecule has 0 saturated heterocycles. The summed E-state index contributed by atoms with van der Waals surface area (Å²) in [7, 11) is 0. The number of nitrogens with one attached hydrogen (secondary N) is 1. The number of hydrogen-bond donors (Lipinski definition) is 2. The van der Waals surface area contributed by atoms with Crippen LogP contribution in [-0.2, 0) is 6.61 Å². The van der Waals surface area contributed by atoms with Crippen LogP contribution in [0.5, 0.6) is 0 Å². The van der Waals surface area contributed by atoms with Crippen molar-refractivity contribution in [3.05, 3.63) is 41.3 Å². The first-order chi connectivity index (χ1) is 9.28. The largest absolute Gasteiger partial charge is 0.391 e. The number of H-pyrrole nitrogens is 1. The number of rotatable bonds is 3. The van der Waals surface area contributed by atoms with Crippen LogP contribution in [0.3, 0.4) is 0 Å². The van der Waals surface area contributed by atoms with E-state index in [0.717, 1.165) is 11.0 Å². The Morgan fingerprint density at radius 3 is 2.89 bits per heavy atom. The van der Waals surface area contributed by atoms with Gasteiger partial charge in [-0.05, 0) is 23.9 Å². The van der Waals surface area contributed by atoms with E-state index in [4.69, 9.17) is 11.6 Å². The highest BCUT2D eigenvalue weighted by atomic mass is 35.5. The molecule has 0 fully saturated rings. The van der Waals surface area contributed by atoms with Gasteiger partial charge in [0.2, 0.25) is 0 Å². The predicted octanol–water partition coefficient (Wildman–Crippen LogP) is 2.65. The van der Waals surface area contributed by atoms with Crippen molar-refractivity contribution in [2.75, 3.05) is 0 Å². The molecule has 0 atom stereocenters. The third-order valence-electron chi connectivity index (χ3n) is 2.57. The Kier molecular flexibility index (Phi) is 3.37. The Morgan fingerprint density at radius 1 is 1.26 bits per heavy atom. The van der Waals surface area contributed by atoms with Crippen molar-refractivity contribution >= 4 is 34.4 Å². The second kappa shape index (κ2) is 5.16. The molecule has 0 radical (unpaired) electrons. The van der Waals surface area contributed by atoms with Crippen molar-refractivity contribution in [2.45, 2.75) is 16.8 Å². The minimum Gasteiger partial charge on any atom is -0.391 e. The van der Waals surface area contributed by atoms with E-state index in [1.54, 1.807) is 0 Å². The standard InChI is InChI=1S/C12H9ClN4OS/c13-10-7(5-18)11(15-6-14-10)19-12-16-8-3-1-2-4-9(8)17-12/h1-4,6,18H,5H2,(H,16,17). The number of hydrogen-bond acceptors (Lipinski definition) is 5. The highest BCUT2D eigenvalue weighted by molar-refractivity contribution is 7.99. The average molecular weight is 293 g/mol. The fourth-order valence-electron chi connectivity index (χ4n) is 1.67. The van der Waals surface area contributed by atoms with Crippen LogP contribution in [0.4, 0.5) is 0 Å². The highest BCUT2D eigenvalue weighted by Gasteiger charge is 2.12. The molecule has 0 unspecified atom stereocenters. The number of halogens is 1. The van der Waals surface area contributed by atoms with Crippen molar-refractivity contribution in [1.29, 1.82) is 0 Å². The van der Waals surface area contributed by atoms with Gasteiger partial charge in [-0.25, -0.2) is 15.0 Å². The van der Waals surface area contributed by atoms with Gasteiger partial charge in [-0.1, -0.05) is 23.7 Å². The molecule has 1 aromatic carbocycles. The van der Waals surface area contributed by atoms with Crippen molar-refractivity contribution in [3.8, 4) is 0 Å². The van der Waals surface area contributed by atoms with Crippen LogP contribution in [0.15, 0.2) is 40.8 Å². The number of aliphatic hydroxyl groups is 1. The zero-order valence-electron chi connectivity index (χ0n) is 9.67. The summed E-state index contributed by atoms with van der Waals surface area (Å²) in [4.78, 5) is 15.6. The molecule has 2 aromatic heterocycles. The number of fused-ring (bicyclic) bond motifs is 1. The molecular weight excluding hydrogens is 284 g/mol. The van der Waals surface area contributed by atoms with Gasteiger partial charge < -0.3 is 10.1 Å². The maximum absolute atomic E-state index is 9.31. The number of benzene rings is 1. The molecule has 0 aliphatic rings. The van der Waals surface area contributed by atoms with E-state index >= 15 is 0 Å². The molecule has 0 bridgehead atoms. The van der Waals surface area contributed by atoms with Gasteiger partial charge in [0.1, 0.15) is 16.5 Å². The topological polar surface area (TPSA) is 74.7 Å². The van der Waals surface area contributed by atoms with Crippen molar-refractivity contribution in [1.82, 2.24) is 19.9 Å². The van der Waals surface area contributed by atoms with Gasteiger partial charge >= 0.3 is 0 Å². The van der Waals surface area contributed by atoms with Gasteiger partial charge in [0.25, 0.3) is 0 Å². The molecule has 3 aromatic rings. The van der Waals surface area contributed by atoms with Crippen LogP contribution < -0.4 is 0 Å². The lowest BCUT2D eigenvalue weighted by Crippen LogP contribution is -1.95. The molecule has 19 heavy (non-hydrogen) atoms. The number of aliphatic hydroxyl groups excluding tert-OH is 1. The summed E-state index contributed by atoms with van der Waals surface area (Å²) < 4.78 is 0. The molecule has 2 heterocycles.